The van der Waals surface area contributed by atoms with Crippen LogP contribution in [-0.2, 0) is 4.79 Å². The average molecular weight is 334 g/mol. The van der Waals surface area contributed by atoms with Gasteiger partial charge in [-0.2, -0.15) is 0 Å². The largest absolute Gasteiger partial charge is 0.385 e. The van der Waals surface area contributed by atoms with Crippen LogP contribution in [0.1, 0.15) is 6.42 Å². The molecular formula is C20H22N4O. The first-order valence-corrected chi connectivity index (χ1v) is 8.28. The lowest BCUT2D eigenvalue weighted by Crippen LogP contribution is -2.16. The van der Waals surface area contributed by atoms with E-state index in [9.17, 15) is 4.79 Å². The summed E-state index contributed by atoms with van der Waals surface area (Å²) in [6.07, 6.45) is 2.12. The molecule has 1 amide bonds. The van der Waals surface area contributed by atoms with Crippen LogP contribution in [0.2, 0.25) is 0 Å². The Kier molecular flexibility index (Phi) is 5.14. The Balaban J connectivity index is 1.54. The summed E-state index contributed by atoms with van der Waals surface area (Å²) in [6.45, 7) is 0.575. The van der Waals surface area contributed by atoms with Crippen molar-refractivity contribution in [1.82, 2.24) is 4.98 Å². The van der Waals surface area contributed by atoms with Crippen LogP contribution in [-0.4, -0.2) is 31.5 Å². The van der Waals surface area contributed by atoms with Crippen LogP contribution >= 0.6 is 0 Å². The predicted octanol–water partition coefficient (Wildman–Crippen LogP) is 3.74. The zero-order chi connectivity index (χ0) is 17.6. The Morgan fingerprint density at radius 1 is 1.04 bits per heavy atom. The summed E-state index contributed by atoms with van der Waals surface area (Å²) in [5.74, 6) is -0.0319. The quantitative estimate of drug-likeness (QED) is 0.721. The van der Waals surface area contributed by atoms with Gasteiger partial charge in [-0.25, -0.2) is 0 Å². The number of hydrogen-bond acceptors (Lipinski definition) is 4. The SMILES string of the molecule is CN(C)c1ccc(NCCC(=O)Nc2cccc3cccnc23)cc1. The summed E-state index contributed by atoms with van der Waals surface area (Å²) in [4.78, 5) is 18.6. The lowest BCUT2D eigenvalue weighted by Gasteiger charge is -2.13. The summed E-state index contributed by atoms with van der Waals surface area (Å²) in [6, 6.07) is 17.8. The normalized spacial score (nSPS) is 10.5. The van der Waals surface area contributed by atoms with Gasteiger partial charge in [-0.05, 0) is 36.4 Å². The van der Waals surface area contributed by atoms with E-state index in [4.69, 9.17) is 0 Å². The number of aromatic nitrogens is 1. The molecule has 0 aliphatic heterocycles. The van der Waals surface area contributed by atoms with Gasteiger partial charge in [0.2, 0.25) is 5.91 Å². The number of amides is 1. The topological polar surface area (TPSA) is 57.3 Å². The minimum absolute atomic E-state index is 0.0319. The molecule has 25 heavy (non-hydrogen) atoms. The molecule has 0 aliphatic rings. The summed E-state index contributed by atoms with van der Waals surface area (Å²) in [7, 11) is 4.02. The van der Waals surface area contributed by atoms with Crippen LogP contribution in [0.15, 0.2) is 60.8 Å². The fourth-order valence-electron chi connectivity index (χ4n) is 2.62. The number of rotatable bonds is 6. The predicted molar refractivity (Wildman–Crippen MR) is 104 cm³/mol. The highest BCUT2D eigenvalue weighted by atomic mass is 16.1. The molecule has 0 aliphatic carbocycles. The second-order valence-electron chi connectivity index (χ2n) is 6.05. The van der Waals surface area contributed by atoms with E-state index in [0.717, 1.165) is 28.0 Å². The van der Waals surface area contributed by atoms with Crippen LogP contribution in [0.5, 0.6) is 0 Å². The monoisotopic (exact) mass is 334 g/mol. The third-order valence-electron chi connectivity index (χ3n) is 3.97. The van der Waals surface area contributed by atoms with Crippen molar-refractivity contribution in [3.63, 3.8) is 0 Å². The molecule has 0 saturated heterocycles. The lowest BCUT2D eigenvalue weighted by atomic mass is 10.2. The van der Waals surface area contributed by atoms with Gasteiger partial charge in [0.25, 0.3) is 0 Å². The number of nitrogens with zero attached hydrogens (tertiary/aromatic N) is 2. The van der Waals surface area contributed by atoms with Crippen LogP contribution < -0.4 is 15.5 Å². The van der Waals surface area contributed by atoms with Crippen LogP contribution in [0.3, 0.4) is 0 Å². The number of anilines is 3. The molecule has 2 aromatic carbocycles. The van der Waals surface area contributed by atoms with E-state index in [0.29, 0.717) is 13.0 Å². The van der Waals surface area contributed by atoms with Gasteiger partial charge < -0.3 is 15.5 Å². The molecule has 0 bridgehead atoms. The van der Waals surface area contributed by atoms with Gasteiger partial charge in [0.05, 0.1) is 11.2 Å². The molecule has 0 unspecified atom stereocenters. The number of carbonyl (C=O) groups is 1. The number of benzene rings is 2. The third kappa shape index (κ3) is 4.26. The van der Waals surface area contributed by atoms with Crippen molar-refractivity contribution in [1.29, 1.82) is 0 Å². The number of para-hydroxylation sites is 1. The van der Waals surface area contributed by atoms with Crippen LogP contribution in [0, 0.1) is 0 Å². The lowest BCUT2D eigenvalue weighted by molar-refractivity contribution is -0.115. The molecule has 0 saturated carbocycles. The first-order valence-electron chi connectivity index (χ1n) is 8.28. The summed E-state index contributed by atoms with van der Waals surface area (Å²) < 4.78 is 0. The number of hydrogen-bond donors (Lipinski definition) is 2. The Labute approximate surface area is 147 Å². The highest BCUT2D eigenvalue weighted by Gasteiger charge is 2.06. The molecule has 0 fully saturated rings. The number of carbonyl (C=O) groups excluding carboxylic acids is 1. The van der Waals surface area contributed by atoms with Crippen molar-refractivity contribution in [3.8, 4) is 0 Å². The van der Waals surface area contributed by atoms with Gasteiger partial charge in [-0.1, -0.05) is 18.2 Å². The Morgan fingerprint density at radius 3 is 2.56 bits per heavy atom. The minimum atomic E-state index is -0.0319. The molecule has 0 spiro atoms. The van der Waals surface area contributed by atoms with E-state index in [1.807, 2.05) is 68.7 Å². The molecule has 5 nitrogen and oxygen atoms in total. The van der Waals surface area contributed by atoms with Crippen molar-refractivity contribution in [3.05, 3.63) is 60.8 Å². The highest BCUT2D eigenvalue weighted by Crippen LogP contribution is 2.20. The second-order valence-corrected chi connectivity index (χ2v) is 6.05. The van der Waals surface area contributed by atoms with Crippen molar-refractivity contribution in [2.45, 2.75) is 6.42 Å². The molecule has 0 atom stereocenters. The maximum Gasteiger partial charge on any atom is 0.226 e. The average Bonchev–Trinajstić information content (AvgIpc) is 2.62. The number of fused-ring (bicyclic) bond motifs is 1. The molecule has 1 heterocycles. The third-order valence-corrected chi connectivity index (χ3v) is 3.97. The van der Waals surface area contributed by atoms with Crippen molar-refractivity contribution in [2.24, 2.45) is 0 Å². The highest BCUT2D eigenvalue weighted by molar-refractivity contribution is 6.00. The van der Waals surface area contributed by atoms with Crippen LogP contribution in [0.4, 0.5) is 17.1 Å². The molecule has 0 radical (unpaired) electrons. The Morgan fingerprint density at radius 2 is 1.80 bits per heavy atom. The fourth-order valence-corrected chi connectivity index (χ4v) is 2.62. The maximum atomic E-state index is 12.2. The van der Waals surface area contributed by atoms with Crippen molar-refractivity contribution < 1.29 is 4.79 Å². The number of pyridine rings is 1. The van der Waals surface area contributed by atoms with Crippen molar-refractivity contribution >= 4 is 33.9 Å². The van der Waals surface area contributed by atoms with E-state index in [1.54, 1.807) is 6.20 Å². The summed E-state index contributed by atoms with van der Waals surface area (Å²) >= 11 is 0. The van der Waals surface area contributed by atoms with Gasteiger partial charge in [0.15, 0.2) is 0 Å². The first-order chi connectivity index (χ1) is 12.1. The molecule has 1 aromatic heterocycles. The van der Waals surface area contributed by atoms with E-state index in [-0.39, 0.29) is 5.91 Å². The van der Waals surface area contributed by atoms with E-state index >= 15 is 0 Å². The smallest absolute Gasteiger partial charge is 0.226 e. The second kappa shape index (κ2) is 7.66. The van der Waals surface area contributed by atoms with Crippen LogP contribution in [0.25, 0.3) is 10.9 Å². The van der Waals surface area contributed by atoms with Crippen molar-refractivity contribution in [2.75, 3.05) is 36.2 Å². The molecule has 3 aromatic rings. The zero-order valence-corrected chi connectivity index (χ0v) is 14.5. The van der Waals surface area contributed by atoms with Gasteiger partial charge >= 0.3 is 0 Å². The number of nitrogens with one attached hydrogen (secondary N) is 2. The molecule has 3 rings (SSSR count). The Bertz CT molecular complexity index is 854. The maximum absolute atomic E-state index is 12.2. The summed E-state index contributed by atoms with van der Waals surface area (Å²) in [5, 5.41) is 7.23. The molecule has 5 heteroatoms. The van der Waals surface area contributed by atoms with Gasteiger partial charge in [0.1, 0.15) is 0 Å². The van der Waals surface area contributed by atoms with E-state index in [1.165, 1.54) is 0 Å². The van der Waals surface area contributed by atoms with Gasteiger partial charge in [-0.15, -0.1) is 0 Å². The van der Waals surface area contributed by atoms with E-state index < -0.39 is 0 Å². The molecule has 2 N–H and O–H groups in total. The first kappa shape index (κ1) is 16.8. The Hall–Kier alpha value is -3.08. The van der Waals surface area contributed by atoms with Gasteiger partial charge in [-0.3, -0.25) is 9.78 Å². The zero-order valence-electron chi connectivity index (χ0n) is 14.5. The molecular weight excluding hydrogens is 312 g/mol. The standard InChI is InChI=1S/C20H22N4O/c1-24(2)17-10-8-16(9-11-17)21-14-12-19(25)23-18-7-3-5-15-6-4-13-22-20(15)18/h3-11,13,21H,12,14H2,1-2H3,(H,23,25). The minimum Gasteiger partial charge on any atom is -0.385 e. The van der Waals surface area contributed by atoms with Gasteiger partial charge in [0, 0.05) is 50.0 Å². The fraction of sp³-hybridized carbons (Fsp3) is 0.200. The van der Waals surface area contributed by atoms with E-state index in [2.05, 4.69) is 20.5 Å². The molecule has 128 valence electrons. The summed E-state index contributed by atoms with van der Waals surface area (Å²) in [5.41, 5.74) is 3.71.